The molecule has 1 spiro atoms. The minimum atomic E-state index is -1.43. The number of carbonyl (C=O) groups excluding carboxylic acids is 4. The second-order valence-electron chi connectivity index (χ2n) is 14.3. The van der Waals surface area contributed by atoms with Gasteiger partial charge in [-0.15, -0.1) is 0 Å². The summed E-state index contributed by atoms with van der Waals surface area (Å²) in [5.41, 5.74) is -0.510. The molecule has 0 radical (unpaired) electrons. The van der Waals surface area contributed by atoms with Crippen molar-refractivity contribution in [2.24, 2.45) is 0 Å². The van der Waals surface area contributed by atoms with Gasteiger partial charge >= 0.3 is 18.1 Å². The number of amides is 1. The first-order valence-corrected chi connectivity index (χ1v) is 16.8. The van der Waals surface area contributed by atoms with E-state index in [1.54, 1.807) is 64.3 Å². The van der Waals surface area contributed by atoms with E-state index < -0.39 is 58.9 Å². The normalized spacial score (nSPS) is 25.9. The van der Waals surface area contributed by atoms with Crippen molar-refractivity contribution in [3.8, 4) is 11.5 Å². The average molecular weight is 693 g/mol. The Kier molecular flexibility index (Phi) is 9.33. The first-order valence-electron chi connectivity index (χ1n) is 16.8. The molecule has 1 saturated heterocycles. The van der Waals surface area contributed by atoms with E-state index in [-0.39, 0.29) is 31.2 Å². The van der Waals surface area contributed by atoms with Crippen molar-refractivity contribution in [1.29, 1.82) is 0 Å². The Hall–Kier alpha value is -4.62. The van der Waals surface area contributed by atoms with E-state index in [2.05, 4.69) is 10.2 Å². The van der Waals surface area contributed by atoms with Crippen LogP contribution < -0.4 is 14.8 Å². The number of benzene rings is 2. The molecule has 2 aliphatic heterocycles. The first kappa shape index (κ1) is 35.2. The van der Waals surface area contributed by atoms with Gasteiger partial charge in [0.2, 0.25) is 6.10 Å². The molecule has 0 unspecified atom stereocenters. The molecule has 50 heavy (non-hydrogen) atoms. The first-order chi connectivity index (χ1) is 23.7. The van der Waals surface area contributed by atoms with Crippen molar-refractivity contribution in [3.05, 3.63) is 71.0 Å². The minimum Gasteiger partial charge on any atom is -0.493 e. The number of piperidine rings is 1. The van der Waals surface area contributed by atoms with Crippen LogP contribution in [0.3, 0.4) is 0 Å². The van der Waals surface area contributed by atoms with Gasteiger partial charge in [0, 0.05) is 30.1 Å². The van der Waals surface area contributed by atoms with Gasteiger partial charge in [-0.1, -0.05) is 36.4 Å². The molecule has 1 fully saturated rings. The minimum absolute atomic E-state index is 0.142. The van der Waals surface area contributed by atoms with Crippen LogP contribution in [-0.2, 0) is 45.2 Å². The highest BCUT2D eigenvalue weighted by Crippen LogP contribution is 2.65. The topological polar surface area (TPSA) is 159 Å². The molecule has 13 heteroatoms. The van der Waals surface area contributed by atoms with Crippen LogP contribution in [0.4, 0.5) is 4.79 Å². The Morgan fingerprint density at radius 2 is 1.84 bits per heavy atom. The van der Waals surface area contributed by atoms with Gasteiger partial charge in [-0.25, -0.2) is 9.59 Å². The van der Waals surface area contributed by atoms with Gasteiger partial charge in [-0.05, 0) is 71.8 Å². The van der Waals surface area contributed by atoms with Crippen LogP contribution in [0.15, 0.2) is 54.3 Å². The zero-order valence-electron chi connectivity index (χ0n) is 29.1. The molecule has 2 heterocycles. The van der Waals surface area contributed by atoms with Gasteiger partial charge in [0.15, 0.2) is 23.7 Å². The number of nitrogens with zero attached hydrogens (tertiary/aromatic N) is 1. The molecule has 2 aromatic rings. The summed E-state index contributed by atoms with van der Waals surface area (Å²) in [5, 5.41) is 15.0. The fourth-order valence-electron chi connectivity index (χ4n) is 7.73. The Bertz CT molecular complexity index is 1700. The molecular formula is C37H44N2O11. The lowest BCUT2D eigenvalue weighted by molar-refractivity contribution is -0.176. The van der Waals surface area contributed by atoms with Crippen molar-refractivity contribution in [3.63, 3.8) is 0 Å². The van der Waals surface area contributed by atoms with E-state index in [1.165, 1.54) is 6.92 Å². The predicted molar refractivity (Wildman–Crippen MR) is 177 cm³/mol. The Morgan fingerprint density at radius 3 is 2.54 bits per heavy atom. The molecule has 0 saturated carbocycles. The van der Waals surface area contributed by atoms with Crippen molar-refractivity contribution in [1.82, 2.24) is 10.2 Å². The van der Waals surface area contributed by atoms with E-state index in [1.807, 2.05) is 19.2 Å². The highest BCUT2D eigenvalue weighted by Gasteiger charge is 2.72. The van der Waals surface area contributed by atoms with Crippen molar-refractivity contribution >= 4 is 24.0 Å². The molecule has 2 bridgehead atoms. The van der Waals surface area contributed by atoms with E-state index >= 15 is 0 Å². The second-order valence-corrected chi connectivity index (χ2v) is 14.3. The number of likely N-dealkylation sites (N-methyl/N-ethyl adjacent to an activating group) is 1. The Morgan fingerprint density at radius 1 is 1.10 bits per heavy atom. The quantitative estimate of drug-likeness (QED) is 0.276. The van der Waals surface area contributed by atoms with E-state index in [4.69, 9.17) is 28.4 Å². The summed E-state index contributed by atoms with van der Waals surface area (Å²) in [4.78, 5) is 53.5. The smallest absolute Gasteiger partial charge is 0.493 e. The number of aliphatic hydroxyl groups is 1. The van der Waals surface area contributed by atoms with Gasteiger partial charge in [-0.3, -0.25) is 9.59 Å². The summed E-state index contributed by atoms with van der Waals surface area (Å²) in [6, 6.07) is 12.2. The van der Waals surface area contributed by atoms with Gasteiger partial charge in [-0.2, -0.15) is 0 Å². The molecule has 6 atom stereocenters. The Labute approximate surface area is 290 Å². The maximum atomic E-state index is 13.9. The summed E-state index contributed by atoms with van der Waals surface area (Å²) >= 11 is 0. The number of methoxy groups -OCH3 is 1. The van der Waals surface area contributed by atoms with Crippen LogP contribution in [0, 0.1) is 0 Å². The molecule has 6 rings (SSSR count). The molecule has 2 aliphatic carbocycles. The molecule has 0 aromatic heterocycles. The highest BCUT2D eigenvalue weighted by molar-refractivity contribution is 5.84. The summed E-state index contributed by atoms with van der Waals surface area (Å²) in [7, 11) is 3.57. The second kappa shape index (κ2) is 13.3. The van der Waals surface area contributed by atoms with Crippen molar-refractivity contribution < 1.29 is 52.7 Å². The van der Waals surface area contributed by atoms with Crippen LogP contribution in [-0.4, -0.2) is 90.7 Å². The number of hydrogen-bond acceptors (Lipinski definition) is 12. The van der Waals surface area contributed by atoms with Crippen molar-refractivity contribution in [2.45, 2.75) is 94.3 Å². The summed E-state index contributed by atoms with van der Waals surface area (Å²) < 4.78 is 34.0. The van der Waals surface area contributed by atoms with E-state index in [9.17, 15) is 24.3 Å². The number of likely N-dealkylation sites (tertiary alicyclic amines) is 1. The number of nitrogens with one attached hydrogen (secondary N) is 1. The number of carbonyl (C=O) groups is 4. The van der Waals surface area contributed by atoms with Crippen LogP contribution in [0.25, 0.3) is 0 Å². The zero-order chi connectivity index (χ0) is 36.0. The molecular weight excluding hydrogens is 648 g/mol. The number of hydrogen-bond donors (Lipinski definition) is 2. The Balaban J connectivity index is 1.17. The van der Waals surface area contributed by atoms with E-state index in [0.717, 1.165) is 11.1 Å². The zero-order valence-corrected chi connectivity index (χ0v) is 29.1. The molecule has 2 N–H and O–H groups in total. The number of esters is 2. The summed E-state index contributed by atoms with van der Waals surface area (Å²) in [5.74, 6) is -0.939. The fourth-order valence-corrected chi connectivity index (χ4v) is 7.73. The number of ether oxygens (including phenoxy) is 6. The van der Waals surface area contributed by atoms with Gasteiger partial charge in [0.05, 0.1) is 24.5 Å². The molecule has 4 aliphatic rings. The SMILES string of the molecule is COc1ccc2c3c1O[C@H]1C(OC(=O)[C@@H](OC(=O)CCNC(=O)[C@H](C)OC(=O)OC(C)(C)C)c4ccccc4)=CC[C@@]4(O)[C@H](C2)N(C)CC[C@]314. The van der Waals surface area contributed by atoms with Crippen LogP contribution in [0.1, 0.15) is 69.8 Å². The van der Waals surface area contributed by atoms with Crippen LogP contribution >= 0.6 is 0 Å². The predicted octanol–water partition coefficient (Wildman–Crippen LogP) is 3.65. The standard InChI is InChI=1S/C37H44N2O11/c1-21(46-34(43)50-35(2,3)4)32(41)38-18-15-27(40)48-29(22-10-8-7-9-11-22)33(42)47-25-14-16-37(44)26-20-23-12-13-24(45-6)30-28(23)36(37,31(25)49-30)17-19-39(26)5/h7-14,21,26,29,31,44H,15-20H2,1-6H3,(H,38,41)/t21-,26-,29-,31-,36-,37+/m0/s1. The molecule has 1 amide bonds. The maximum absolute atomic E-state index is 13.9. The average Bonchev–Trinajstić information content (AvgIpc) is 3.42. The number of rotatable bonds is 10. The molecule has 268 valence electrons. The largest absolute Gasteiger partial charge is 0.509 e. The third-order valence-electron chi connectivity index (χ3n) is 10.0. The van der Waals surface area contributed by atoms with E-state index in [0.29, 0.717) is 36.4 Å². The lowest BCUT2D eigenvalue weighted by atomic mass is 9.50. The third kappa shape index (κ3) is 6.17. The maximum Gasteiger partial charge on any atom is 0.509 e. The molecule has 13 nitrogen and oxygen atoms in total. The van der Waals surface area contributed by atoms with Crippen molar-refractivity contribution in [2.75, 3.05) is 27.2 Å². The summed E-state index contributed by atoms with van der Waals surface area (Å²) in [6.07, 6.45) is -1.56. The highest BCUT2D eigenvalue weighted by atomic mass is 16.7. The lowest BCUT2D eigenvalue weighted by Gasteiger charge is -2.61. The summed E-state index contributed by atoms with van der Waals surface area (Å²) in [6.45, 7) is 6.95. The van der Waals surface area contributed by atoms with Crippen LogP contribution in [0.5, 0.6) is 11.5 Å². The van der Waals surface area contributed by atoms with Crippen LogP contribution in [0.2, 0.25) is 0 Å². The fraction of sp³-hybridized carbons (Fsp3) is 0.514. The van der Waals surface area contributed by atoms with Gasteiger partial charge in [0.1, 0.15) is 11.4 Å². The van der Waals surface area contributed by atoms with Gasteiger partial charge in [0.25, 0.3) is 5.91 Å². The lowest BCUT2D eigenvalue weighted by Crippen LogP contribution is -2.74. The molecule has 2 aromatic carbocycles. The third-order valence-corrected chi connectivity index (χ3v) is 10.0. The monoisotopic (exact) mass is 692 g/mol. The van der Waals surface area contributed by atoms with Gasteiger partial charge < -0.3 is 43.7 Å².